The molecule has 0 spiro atoms. The Morgan fingerprint density at radius 1 is 1.23 bits per heavy atom. The van der Waals surface area contributed by atoms with E-state index in [2.05, 4.69) is 49.3 Å². The highest BCUT2D eigenvalue weighted by Crippen LogP contribution is 2.13. The van der Waals surface area contributed by atoms with E-state index in [0.717, 1.165) is 50.3 Å². The van der Waals surface area contributed by atoms with E-state index in [9.17, 15) is 0 Å². The average Bonchev–Trinajstić information content (AvgIpc) is 3.07. The quantitative estimate of drug-likeness (QED) is 0.638. The smallest absolute Gasteiger partial charge is 0.223 e. The summed E-state index contributed by atoms with van der Waals surface area (Å²) in [7, 11) is 0. The second-order valence-electron chi connectivity index (χ2n) is 6.29. The van der Waals surface area contributed by atoms with Gasteiger partial charge in [0.2, 0.25) is 5.89 Å². The lowest BCUT2D eigenvalue weighted by atomic mass is 10.2. The molecule has 1 aromatic heterocycles. The van der Waals surface area contributed by atoms with Gasteiger partial charge in [-0.25, -0.2) is 4.99 Å². The summed E-state index contributed by atoms with van der Waals surface area (Å²) in [6.07, 6.45) is 0. The average molecular weight is 377 g/mol. The molecule has 0 amide bonds. The largest absolute Gasteiger partial charge is 0.357 e. The van der Waals surface area contributed by atoms with Crippen molar-refractivity contribution in [2.45, 2.75) is 26.9 Å². The lowest BCUT2D eigenvalue weighted by molar-refractivity contribution is 0.172. The monoisotopic (exact) mass is 376 g/mol. The van der Waals surface area contributed by atoms with E-state index in [1.165, 1.54) is 5.56 Å². The van der Waals surface area contributed by atoms with Gasteiger partial charge < -0.3 is 14.7 Å². The molecule has 2 aromatic rings. The first kappa shape index (κ1) is 18.7. The third-order valence-electron chi connectivity index (χ3n) is 4.27. The van der Waals surface area contributed by atoms with Crippen molar-refractivity contribution < 1.29 is 4.52 Å². The first-order chi connectivity index (χ1) is 12.6. The van der Waals surface area contributed by atoms with E-state index in [-0.39, 0.29) is 0 Å². The Hall–Kier alpha value is -2.12. The van der Waals surface area contributed by atoms with Crippen LogP contribution in [0.1, 0.15) is 24.2 Å². The number of benzene rings is 1. The fourth-order valence-electron chi connectivity index (χ4n) is 2.94. The second-order valence-corrected chi connectivity index (χ2v) is 6.73. The minimum Gasteiger partial charge on any atom is -0.357 e. The van der Waals surface area contributed by atoms with Crippen molar-refractivity contribution in [2.24, 2.45) is 4.99 Å². The van der Waals surface area contributed by atoms with Crippen molar-refractivity contribution in [2.75, 3.05) is 32.7 Å². The van der Waals surface area contributed by atoms with Crippen molar-refractivity contribution in [1.29, 1.82) is 0 Å². The van der Waals surface area contributed by atoms with Crippen LogP contribution in [0.4, 0.5) is 0 Å². The van der Waals surface area contributed by atoms with Crippen LogP contribution in [0.2, 0.25) is 5.02 Å². The van der Waals surface area contributed by atoms with E-state index in [1.807, 2.05) is 12.1 Å². The van der Waals surface area contributed by atoms with Gasteiger partial charge in [-0.15, -0.1) is 0 Å². The number of piperazine rings is 1. The molecule has 0 saturated carbocycles. The molecule has 0 atom stereocenters. The molecule has 1 saturated heterocycles. The minimum absolute atomic E-state index is 0.421. The standard InChI is InChI=1S/C18H25ClN6O/c1-3-20-18(21-12-17-22-14(2)26-23-17)25-10-8-24(9-11-25)13-15-4-6-16(19)7-5-15/h4-7H,3,8-13H2,1-2H3,(H,20,21). The van der Waals surface area contributed by atoms with Crippen molar-refractivity contribution in [3.05, 3.63) is 46.6 Å². The summed E-state index contributed by atoms with van der Waals surface area (Å²) in [6, 6.07) is 8.08. The molecule has 0 unspecified atom stereocenters. The Morgan fingerprint density at radius 3 is 2.58 bits per heavy atom. The Balaban J connectivity index is 1.54. The summed E-state index contributed by atoms with van der Waals surface area (Å²) >= 11 is 5.96. The van der Waals surface area contributed by atoms with E-state index in [0.29, 0.717) is 18.3 Å². The van der Waals surface area contributed by atoms with Crippen LogP contribution in [0, 0.1) is 6.92 Å². The number of hydrogen-bond donors (Lipinski definition) is 1. The Bertz CT molecular complexity index is 722. The lowest BCUT2D eigenvalue weighted by Crippen LogP contribution is -2.52. The maximum atomic E-state index is 5.96. The summed E-state index contributed by atoms with van der Waals surface area (Å²) in [5, 5.41) is 8.04. The van der Waals surface area contributed by atoms with Crippen LogP contribution < -0.4 is 5.32 Å². The molecule has 8 heteroatoms. The van der Waals surface area contributed by atoms with Gasteiger partial charge in [-0.1, -0.05) is 28.9 Å². The normalized spacial score (nSPS) is 16.1. The molecule has 1 aromatic carbocycles. The SMILES string of the molecule is CCNC(=NCc1noc(C)n1)N1CCN(Cc2ccc(Cl)cc2)CC1. The van der Waals surface area contributed by atoms with Gasteiger partial charge in [0.05, 0.1) is 0 Å². The highest BCUT2D eigenvalue weighted by atomic mass is 35.5. The number of guanidine groups is 1. The van der Waals surface area contributed by atoms with Crippen LogP contribution in [0.5, 0.6) is 0 Å². The summed E-state index contributed by atoms with van der Waals surface area (Å²) in [5.41, 5.74) is 1.29. The van der Waals surface area contributed by atoms with E-state index < -0.39 is 0 Å². The summed E-state index contributed by atoms with van der Waals surface area (Å²) in [6.45, 7) is 9.91. The molecule has 1 fully saturated rings. The molecule has 7 nitrogen and oxygen atoms in total. The van der Waals surface area contributed by atoms with Crippen LogP contribution in [0.3, 0.4) is 0 Å². The fraction of sp³-hybridized carbons (Fsp3) is 0.500. The first-order valence-electron chi connectivity index (χ1n) is 8.93. The zero-order valence-electron chi connectivity index (χ0n) is 15.3. The van der Waals surface area contributed by atoms with Crippen LogP contribution in [0.15, 0.2) is 33.8 Å². The minimum atomic E-state index is 0.421. The zero-order chi connectivity index (χ0) is 18.4. The van der Waals surface area contributed by atoms with Gasteiger partial charge in [-0.3, -0.25) is 4.90 Å². The number of aromatic nitrogens is 2. The van der Waals surface area contributed by atoms with Gasteiger partial charge in [-0.2, -0.15) is 4.98 Å². The predicted octanol–water partition coefficient (Wildman–Crippen LogP) is 2.31. The number of aliphatic imine (C=N–C) groups is 1. The van der Waals surface area contributed by atoms with Crippen LogP contribution in [-0.2, 0) is 13.1 Å². The van der Waals surface area contributed by atoms with Crippen molar-refractivity contribution in [3.63, 3.8) is 0 Å². The Kier molecular flexibility index (Phi) is 6.46. The molecule has 3 rings (SSSR count). The summed E-state index contributed by atoms with van der Waals surface area (Å²) in [5.74, 6) is 2.08. The Morgan fingerprint density at radius 2 is 1.96 bits per heavy atom. The number of nitrogens with one attached hydrogen (secondary N) is 1. The molecule has 140 valence electrons. The lowest BCUT2D eigenvalue weighted by Gasteiger charge is -2.36. The fourth-order valence-corrected chi connectivity index (χ4v) is 3.07. The first-order valence-corrected chi connectivity index (χ1v) is 9.31. The topological polar surface area (TPSA) is 69.8 Å². The molecule has 1 aliphatic rings. The maximum Gasteiger partial charge on any atom is 0.223 e. The molecule has 2 heterocycles. The molecule has 0 bridgehead atoms. The van der Waals surface area contributed by atoms with Gasteiger partial charge in [0.25, 0.3) is 0 Å². The van der Waals surface area contributed by atoms with E-state index in [4.69, 9.17) is 16.1 Å². The van der Waals surface area contributed by atoms with Crippen LogP contribution in [-0.4, -0.2) is 58.6 Å². The molecule has 1 aliphatic heterocycles. The third kappa shape index (κ3) is 5.19. The van der Waals surface area contributed by atoms with Gasteiger partial charge in [-0.05, 0) is 24.6 Å². The van der Waals surface area contributed by atoms with Gasteiger partial charge in [0.1, 0.15) is 6.54 Å². The molecule has 0 radical (unpaired) electrons. The number of halogens is 1. The van der Waals surface area contributed by atoms with E-state index >= 15 is 0 Å². The number of rotatable bonds is 5. The summed E-state index contributed by atoms with van der Waals surface area (Å²) < 4.78 is 5.00. The van der Waals surface area contributed by atoms with Crippen molar-refractivity contribution >= 4 is 17.6 Å². The highest BCUT2D eigenvalue weighted by Gasteiger charge is 2.19. The second kappa shape index (κ2) is 9.00. The molecule has 0 aliphatic carbocycles. The predicted molar refractivity (Wildman–Crippen MR) is 102 cm³/mol. The van der Waals surface area contributed by atoms with Gasteiger partial charge >= 0.3 is 0 Å². The number of nitrogens with zero attached hydrogens (tertiary/aromatic N) is 5. The van der Waals surface area contributed by atoms with Gasteiger partial charge in [0, 0.05) is 51.2 Å². The van der Waals surface area contributed by atoms with Gasteiger partial charge in [0.15, 0.2) is 11.8 Å². The van der Waals surface area contributed by atoms with Crippen LogP contribution >= 0.6 is 11.6 Å². The zero-order valence-corrected chi connectivity index (χ0v) is 16.0. The van der Waals surface area contributed by atoms with Crippen LogP contribution in [0.25, 0.3) is 0 Å². The molecule has 1 N–H and O–H groups in total. The molecule has 26 heavy (non-hydrogen) atoms. The molecular weight excluding hydrogens is 352 g/mol. The number of hydrogen-bond acceptors (Lipinski definition) is 5. The number of aryl methyl sites for hydroxylation is 1. The third-order valence-corrected chi connectivity index (χ3v) is 4.52. The maximum absolute atomic E-state index is 5.96. The van der Waals surface area contributed by atoms with Crippen molar-refractivity contribution in [3.8, 4) is 0 Å². The van der Waals surface area contributed by atoms with Crippen molar-refractivity contribution in [1.82, 2.24) is 25.3 Å². The summed E-state index contributed by atoms with van der Waals surface area (Å²) in [4.78, 5) is 13.6. The van der Waals surface area contributed by atoms with E-state index in [1.54, 1.807) is 6.92 Å². The molecular formula is C18H25ClN6O. The Labute approximate surface area is 159 Å². The highest BCUT2D eigenvalue weighted by molar-refractivity contribution is 6.30.